The van der Waals surface area contributed by atoms with Crippen LogP contribution >= 0.6 is 23.6 Å². The zero-order valence-electron chi connectivity index (χ0n) is 14.0. The minimum Gasteiger partial charge on any atom is -0.550 e. The largest absolute Gasteiger partial charge is 0.550 e. The number of thiocarbonyl (C=S) groups is 1. The number of aryl methyl sites for hydroxylation is 1. The van der Waals surface area contributed by atoms with E-state index in [2.05, 4.69) is 10.6 Å². The molecule has 0 saturated heterocycles. The van der Waals surface area contributed by atoms with Gasteiger partial charge in [-0.1, -0.05) is 12.1 Å². The summed E-state index contributed by atoms with van der Waals surface area (Å²) in [4.78, 5) is 23.5. The highest BCUT2D eigenvalue weighted by Gasteiger charge is 2.20. The van der Waals surface area contributed by atoms with Crippen LogP contribution in [0.3, 0.4) is 0 Å². The molecule has 0 bridgehead atoms. The highest BCUT2D eigenvalue weighted by Crippen LogP contribution is 2.33. The molecule has 6 nitrogen and oxygen atoms in total. The van der Waals surface area contributed by atoms with Crippen LogP contribution < -0.4 is 15.7 Å². The van der Waals surface area contributed by atoms with Gasteiger partial charge in [0, 0.05) is 23.0 Å². The predicted octanol–water partition coefficient (Wildman–Crippen LogP) is 2.25. The Morgan fingerprint density at radius 1 is 1.20 bits per heavy atom. The Kier molecular flexibility index (Phi) is 6.11. The first kappa shape index (κ1) is 18.9. The van der Waals surface area contributed by atoms with Gasteiger partial charge >= 0.3 is 5.97 Å². The predicted molar refractivity (Wildman–Crippen MR) is 100 cm³/mol. The van der Waals surface area contributed by atoms with E-state index in [-0.39, 0.29) is 6.42 Å². The third-order valence-corrected chi connectivity index (χ3v) is 4.89. The number of nitrogens with one attached hydrogen (secondary N) is 2. The smallest absolute Gasteiger partial charge is 0.341 e. The van der Waals surface area contributed by atoms with E-state index in [9.17, 15) is 14.7 Å². The Balaban J connectivity index is 2.09. The molecule has 0 atom stereocenters. The topological polar surface area (TPSA) is 90.5 Å². The van der Waals surface area contributed by atoms with Crippen LogP contribution in [-0.2, 0) is 16.0 Å². The van der Waals surface area contributed by atoms with Crippen LogP contribution in [0.4, 0.5) is 10.7 Å². The fourth-order valence-electron chi connectivity index (χ4n) is 2.20. The monoisotopic (exact) mass is 377 g/mol. The number of carboxylic acid groups (broad SMARTS) is 1. The number of hydrogen-bond donors (Lipinski definition) is 2. The molecule has 0 aliphatic rings. The summed E-state index contributed by atoms with van der Waals surface area (Å²) in [7, 11) is 1.34. The van der Waals surface area contributed by atoms with Gasteiger partial charge in [0.2, 0.25) is 0 Å². The molecule has 0 radical (unpaired) electrons. The first-order valence-electron chi connectivity index (χ1n) is 7.37. The van der Waals surface area contributed by atoms with Gasteiger partial charge in [0.1, 0.15) is 5.00 Å². The highest BCUT2D eigenvalue weighted by molar-refractivity contribution is 7.80. The van der Waals surface area contributed by atoms with Gasteiger partial charge in [-0.25, -0.2) is 4.79 Å². The first-order chi connectivity index (χ1) is 11.8. The number of carbonyl (C=O) groups is 2. The van der Waals surface area contributed by atoms with Crippen molar-refractivity contribution >= 4 is 51.3 Å². The molecule has 0 amide bonds. The summed E-state index contributed by atoms with van der Waals surface area (Å²) >= 11 is 6.71. The quantitative estimate of drug-likeness (QED) is 0.610. The van der Waals surface area contributed by atoms with Crippen molar-refractivity contribution in [1.82, 2.24) is 0 Å². The number of aliphatic carboxylic acids is 1. The van der Waals surface area contributed by atoms with E-state index in [1.54, 1.807) is 24.3 Å². The van der Waals surface area contributed by atoms with E-state index in [0.717, 1.165) is 10.4 Å². The maximum Gasteiger partial charge on any atom is 0.341 e. The number of methoxy groups -OCH3 is 1. The number of hydrogen-bond acceptors (Lipinski definition) is 6. The number of esters is 1. The van der Waals surface area contributed by atoms with Crippen LogP contribution in [0.15, 0.2) is 24.3 Å². The summed E-state index contributed by atoms with van der Waals surface area (Å²) in [6.45, 7) is 3.78. The summed E-state index contributed by atoms with van der Waals surface area (Å²) in [6, 6.07) is 6.80. The van der Waals surface area contributed by atoms with Gasteiger partial charge in [-0.15, -0.1) is 11.3 Å². The Labute approximate surface area is 154 Å². The standard InChI is InChI=1S/C17H18N2O4S2/c1-9-10(2)25-15(14(9)16(22)23-3)19-17(24)18-12-6-4-11(5-7-12)8-13(20)21/h4-7H,8H2,1-3H3,(H,20,21)(H2,18,19,24)/p-1. The van der Waals surface area contributed by atoms with E-state index < -0.39 is 11.9 Å². The molecule has 1 heterocycles. The van der Waals surface area contributed by atoms with E-state index >= 15 is 0 Å². The minimum atomic E-state index is -1.13. The molecule has 0 aliphatic heterocycles. The van der Waals surface area contributed by atoms with Gasteiger partial charge in [-0.05, 0) is 49.3 Å². The molecular weight excluding hydrogens is 360 g/mol. The molecule has 0 spiro atoms. The zero-order valence-corrected chi connectivity index (χ0v) is 15.6. The Morgan fingerprint density at radius 3 is 2.40 bits per heavy atom. The first-order valence-corrected chi connectivity index (χ1v) is 8.59. The van der Waals surface area contributed by atoms with E-state index in [0.29, 0.717) is 26.9 Å². The maximum atomic E-state index is 12.0. The third kappa shape index (κ3) is 4.77. The van der Waals surface area contributed by atoms with Crippen molar-refractivity contribution in [3.8, 4) is 0 Å². The number of ether oxygens (including phenoxy) is 1. The molecule has 1 aromatic carbocycles. The number of rotatable bonds is 5. The molecule has 8 heteroatoms. The average Bonchev–Trinajstić information content (AvgIpc) is 2.82. The van der Waals surface area contributed by atoms with Crippen LogP contribution in [0.25, 0.3) is 0 Å². The van der Waals surface area contributed by atoms with Crippen molar-refractivity contribution in [2.45, 2.75) is 20.3 Å². The molecule has 0 aliphatic carbocycles. The second-order valence-corrected chi connectivity index (χ2v) is 6.94. The Hall–Kier alpha value is -2.45. The lowest BCUT2D eigenvalue weighted by molar-refractivity contribution is -0.304. The molecule has 25 heavy (non-hydrogen) atoms. The zero-order chi connectivity index (χ0) is 18.6. The summed E-state index contributed by atoms with van der Waals surface area (Å²) in [5.74, 6) is -1.55. The Bertz CT molecular complexity index is 813. The van der Waals surface area contributed by atoms with Crippen LogP contribution in [0.1, 0.15) is 26.4 Å². The van der Waals surface area contributed by atoms with Crippen LogP contribution in [0, 0.1) is 13.8 Å². The van der Waals surface area contributed by atoms with Crippen molar-refractivity contribution in [3.05, 3.63) is 45.8 Å². The van der Waals surface area contributed by atoms with Gasteiger partial charge < -0.3 is 25.3 Å². The van der Waals surface area contributed by atoms with Gasteiger partial charge in [-0.2, -0.15) is 0 Å². The normalized spacial score (nSPS) is 10.2. The summed E-state index contributed by atoms with van der Waals surface area (Å²) in [5, 5.41) is 17.5. The maximum absolute atomic E-state index is 12.0. The van der Waals surface area contributed by atoms with Gasteiger partial charge in [-0.3, -0.25) is 0 Å². The van der Waals surface area contributed by atoms with Crippen LogP contribution in [0.2, 0.25) is 0 Å². The lowest BCUT2D eigenvalue weighted by Crippen LogP contribution is -2.24. The van der Waals surface area contributed by atoms with Crippen LogP contribution in [-0.4, -0.2) is 24.2 Å². The molecule has 0 saturated carbocycles. The number of benzene rings is 1. The molecule has 1 aromatic heterocycles. The van der Waals surface area contributed by atoms with Gasteiger partial charge in [0.15, 0.2) is 5.11 Å². The Morgan fingerprint density at radius 2 is 1.84 bits per heavy atom. The van der Waals surface area contributed by atoms with E-state index in [4.69, 9.17) is 17.0 Å². The highest BCUT2D eigenvalue weighted by atomic mass is 32.1. The summed E-state index contributed by atoms with van der Waals surface area (Å²) in [6.07, 6.45) is -0.140. The fourth-order valence-corrected chi connectivity index (χ4v) is 3.54. The number of thiophene rings is 1. The summed E-state index contributed by atoms with van der Waals surface area (Å²) < 4.78 is 4.83. The van der Waals surface area contributed by atoms with E-state index in [1.165, 1.54) is 18.4 Å². The van der Waals surface area contributed by atoms with Crippen molar-refractivity contribution in [2.24, 2.45) is 0 Å². The average molecular weight is 377 g/mol. The van der Waals surface area contributed by atoms with Crippen LogP contribution in [0.5, 0.6) is 0 Å². The molecular formula is C17H17N2O4S2-. The molecule has 132 valence electrons. The minimum absolute atomic E-state index is 0.140. The summed E-state index contributed by atoms with van der Waals surface area (Å²) in [5.41, 5.74) is 2.67. The fraction of sp³-hybridized carbons (Fsp3) is 0.235. The van der Waals surface area contributed by atoms with Crippen molar-refractivity contribution in [3.63, 3.8) is 0 Å². The van der Waals surface area contributed by atoms with Crippen molar-refractivity contribution < 1.29 is 19.4 Å². The van der Waals surface area contributed by atoms with Crippen molar-refractivity contribution in [2.75, 3.05) is 17.7 Å². The number of carbonyl (C=O) groups excluding carboxylic acids is 2. The number of anilines is 2. The van der Waals surface area contributed by atoms with E-state index in [1.807, 2.05) is 13.8 Å². The SMILES string of the molecule is COC(=O)c1c(NC(=S)Nc2ccc(CC(=O)[O-])cc2)sc(C)c1C. The second kappa shape index (κ2) is 8.09. The lowest BCUT2D eigenvalue weighted by Gasteiger charge is -2.11. The number of carboxylic acids is 1. The molecule has 2 rings (SSSR count). The lowest BCUT2D eigenvalue weighted by atomic mass is 10.1. The molecule has 2 aromatic rings. The molecule has 0 fully saturated rings. The van der Waals surface area contributed by atoms with Gasteiger partial charge in [0.25, 0.3) is 0 Å². The molecule has 2 N–H and O–H groups in total. The third-order valence-electron chi connectivity index (χ3n) is 3.56. The second-order valence-electron chi connectivity index (χ2n) is 5.30. The van der Waals surface area contributed by atoms with Crippen molar-refractivity contribution in [1.29, 1.82) is 0 Å². The van der Waals surface area contributed by atoms with Gasteiger partial charge in [0.05, 0.1) is 12.7 Å². The molecule has 0 unspecified atom stereocenters.